The van der Waals surface area contributed by atoms with Crippen LogP contribution in [-0.2, 0) is 21.4 Å². The highest BCUT2D eigenvalue weighted by molar-refractivity contribution is 7.89. The second kappa shape index (κ2) is 9.68. The van der Waals surface area contributed by atoms with E-state index >= 15 is 0 Å². The van der Waals surface area contributed by atoms with Crippen LogP contribution < -0.4 is 4.90 Å². The number of thiazole rings is 1. The number of aromatic nitrogens is 1. The topological polar surface area (TPSA) is 83.7 Å². The summed E-state index contributed by atoms with van der Waals surface area (Å²) in [6, 6.07) is 10.2. The van der Waals surface area contributed by atoms with Crippen LogP contribution in [0, 0.1) is 23.4 Å². The third-order valence-corrected chi connectivity index (χ3v) is 9.02. The fraction of sp³-hybridized carbons (Fsp3) is 0.250. The first-order valence-electron chi connectivity index (χ1n) is 11.1. The van der Waals surface area contributed by atoms with Crippen molar-refractivity contribution in [2.24, 2.45) is 5.92 Å². The zero-order valence-electron chi connectivity index (χ0n) is 18.7. The molecule has 1 saturated heterocycles. The number of sulfonamides is 1. The highest BCUT2D eigenvalue weighted by atomic mass is 32.2. The van der Waals surface area contributed by atoms with Crippen molar-refractivity contribution in [3.05, 3.63) is 78.0 Å². The molecule has 188 valence electrons. The molecule has 0 unspecified atom stereocenters. The Hall–Kier alpha value is -3.22. The number of anilines is 1. The number of furan rings is 1. The van der Waals surface area contributed by atoms with Crippen LogP contribution in [0.1, 0.15) is 18.6 Å². The van der Waals surface area contributed by atoms with Crippen LogP contribution in [0.5, 0.6) is 0 Å². The summed E-state index contributed by atoms with van der Waals surface area (Å²) in [6.07, 6.45) is 1.82. The normalized spacial score (nSPS) is 15.4. The van der Waals surface area contributed by atoms with Gasteiger partial charge in [-0.05, 0) is 55.3 Å². The highest BCUT2D eigenvalue weighted by Crippen LogP contribution is 2.34. The molecule has 2 aromatic heterocycles. The highest BCUT2D eigenvalue weighted by Gasteiger charge is 2.36. The van der Waals surface area contributed by atoms with E-state index in [0.29, 0.717) is 21.7 Å². The number of carbonyl (C=O) groups is 1. The summed E-state index contributed by atoms with van der Waals surface area (Å²) < 4.78 is 74.8. The number of piperidine rings is 1. The lowest BCUT2D eigenvalue weighted by Gasteiger charge is -2.32. The molecule has 1 amide bonds. The van der Waals surface area contributed by atoms with E-state index in [1.807, 2.05) is 0 Å². The standard InChI is InChI=1S/C24H20F3N3O4S2/c25-16-6-7-18(26)21(13-16)36(32,33)29-10-8-15(9-11-29)23(31)30(14-17-3-2-12-34-17)24-28-22-19(27)4-1-5-20(22)35-24/h1-7,12-13,15H,8-11,14H2. The predicted molar refractivity (Wildman–Crippen MR) is 127 cm³/mol. The first kappa shape index (κ1) is 24.5. The van der Waals surface area contributed by atoms with Gasteiger partial charge in [0.25, 0.3) is 0 Å². The summed E-state index contributed by atoms with van der Waals surface area (Å²) in [5, 5.41) is 0.299. The lowest BCUT2D eigenvalue weighted by Crippen LogP contribution is -2.44. The van der Waals surface area contributed by atoms with Gasteiger partial charge in [-0.15, -0.1) is 0 Å². The minimum absolute atomic E-state index is 0.0439. The van der Waals surface area contributed by atoms with Crippen molar-refractivity contribution in [1.82, 2.24) is 9.29 Å². The molecule has 0 bridgehead atoms. The average molecular weight is 536 g/mol. The Balaban J connectivity index is 1.37. The number of fused-ring (bicyclic) bond motifs is 1. The van der Waals surface area contributed by atoms with E-state index in [-0.39, 0.29) is 43.9 Å². The molecule has 3 heterocycles. The van der Waals surface area contributed by atoms with E-state index in [0.717, 1.165) is 16.4 Å². The Morgan fingerprint density at radius 3 is 2.56 bits per heavy atom. The summed E-state index contributed by atoms with van der Waals surface area (Å²) >= 11 is 1.17. The fourth-order valence-corrected chi connectivity index (χ4v) is 6.72. The van der Waals surface area contributed by atoms with Crippen molar-refractivity contribution >= 4 is 42.6 Å². The molecule has 0 spiro atoms. The molecule has 5 rings (SSSR count). The number of para-hydroxylation sites is 1. The Kier molecular flexibility index (Phi) is 6.58. The lowest BCUT2D eigenvalue weighted by molar-refractivity contribution is -0.123. The summed E-state index contributed by atoms with van der Waals surface area (Å²) in [7, 11) is -4.27. The van der Waals surface area contributed by atoms with Gasteiger partial charge in [0.2, 0.25) is 15.9 Å². The number of carbonyl (C=O) groups excluding carboxylic acids is 1. The zero-order valence-corrected chi connectivity index (χ0v) is 20.4. The van der Waals surface area contributed by atoms with Crippen LogP contribution in [0.2, 0.25) is 0 Å². The van der Waals surface area contributed by atoms with Crippen LogP contribution in [0.3, 0.4) is 0 Å². The van der Waals surface area contributed by atoms with Gasteiger partial charge in [-0.1, -0.05) is 17.4 Å². The minimum atomic E-state index is -4.27. The number of amides is 1. The number of hydrogen-bond acceptors (Lipinski definition) is 6. The minimum Gasteiger partial charge on any atom is -0.467 e. The maximum atomic E-state index is 14.3. The number of benzene rings is 2. The number of halogens is 3. The van der Waals surface area contributed by atoms with Crippen molar-refractivity contribution < 1.29 is 30.8 Å². The summed E-state index contributed by atoms with van der Waals surface area (Å²) in [5.74, 6) is -2.75. The van der Waals surface area contributed by atoms with Crippen LogP contribution in [0.15, 0.2) is 64.1 Å². The average Bonchev–Trinajstić information content (AvgIpc) is 3.54. The fourth-order valence-electron chi connectivity index (χ4n) is 4.19. The molecular weight excluding hydrogens is 515 g/mol. The predicted octanol–water partition coefficient (Wildman–Crippen LogP) is 4.94. The molecule has 4 aromatic rings. The molecule has 0 N–H and O–H groups in total. The molecule has 1 aliphatic rings. The Bertz CT molecular complexity index is 1510. The van der Waals surface area contributed by atoms with Gasteiger partial charge < -0.3 is 4.42 Å². The van der Waals surface area contributed by atoms with Crippen LogP contribution in [-0.4, -0.2) is 36.7 Å². The molecule has 1 fully saturated rings. The summed E-state index contributed by atoms with van der Waals surface area (Å²) in [6.45, 7) is -0.0180. The van der Waals surface area contributed by atoms with E-state index in [1.165, 1.54) is 28.6 Å². The van der Waals surface area contributed by atoms with Gasteiger partial charge in [-0.3, -0.25) is 9.69 Å². The van der Waals surface area contributed by atoms with Gasteiger partial charge in [-0.25, -0.2) is 26.6 Å². The Morgan fingerprint density at radius 2 is 1.86 bits per heavy atom. The first-order chi connectivity index (χ1) is 17.2. The summed E-state index contributed by atoms with van der Waals surface area (Å²) in [5.41, 5.74) is 0.160. The van der Waals surface area contributed by atoms with Crippen molar-refractivity contribution in [2.45, 2.75) is 24.3 Å². The second-order valence-electron chi connectivity index (χ2n) is 8.34. The monoisotopic (exact) mass is 535 g/mol. The molecule has 0 saturated carbocycles. The van der Waals surface area contributed by atoms with Gasteiger partial charge in [-0.2, -0.15) is 4.31 Å². The molecule has 12 heteroatoms. The molecule has 36 heavy (non-hydrogen) atoms. The Morgan fingerprint density at radius 1 is 1.08 bits per heavy atom. The second-order valence-corrected chi connectivity index (χ2v) is 11.3. The first-order valence-corrected chi connectivity index (χ1v) is 13.3. The number of hydrogen-bond donors (Lipinski definition) is 0. The van der Waals surface area contributed by atoms with Crippen LogP contribution in [0.4, 0.5) is 18.3 Å². The van der Waals surface area contributed by atoms with Gasteiger partial charge in [0.05, 0.1) is 17.5 Å². The van der Waals surface area contributed by atoms with E-state index in [4.69, 9.17) is 4.42 Å². The molecule has 0 aliphatic carbocycles. The SMILES string of the molecule is O=C(C1CCN(S(=O)(=O)c2cc(F)ccc2F)CC1)N(Cc1ccco1)c1nc2c(F)cccc2s1. The van der Waals surface area contributed by atoms with E-state index < -0.39 is 38.3 Å². The van der Waals surface area contributed by atoms with Gasteiger partial charge >= 0.3 is 0 Å². The molecule has 0 radical (unpaired) electrons. The molecule has 1 aliphatic heterocycles. The molecule has 0 atom stereocenters. The summed E-state index contributed by atoms with van der Waals surface area (Å²) in [4.78, 5) is 18.6. The molecule has 7 nitrogen and oxygen atoms in total. The molecular formula is C24H20F3N3O4S2. The van der Waals surface area contributed by atoms with Crippen LogP contribution >= 0.6 is 11.3 Å². The van der Waals surface area contributed by atoms with E-state index in [2.05, 4.69) is 4.98 Å². The van der Waals surface area contributed by atoms with E-state index in [1.54, 1.807) is 24.3 Å². The van der Waals surface area contributed by atoms with Crippen molar-refractivity contribution in [2.75, 3.05) is 18.0 Å². The van der Waals surface area contributed by atoms with Gasteiger partial charge in [0.1, 0.15) is 33.6 Å². The van der Waals surface area contributed by atoms with Gasteiger partial charge in [0, 0.05) is 19.0 Å². The maximum Gasteiger partial charge on any atom is 0.246 e. The van der Waals surface area contributed by atoms with Gasteiger partial charge in [0.15, 0.2) is 5.13 Å². The maximum absolute atomic E-state index is 14.3. The van der Waals surface area contributed by atoms with Crippen molar-refractivity contribution in [3.8, 4) is 0 Å². The van der Waals surface area contributed by atoms with Crippen molar-refractivity contribution in [1.29, 1.82) is 0 Å². The van der Waals surface area contributed by atoms with Crippen LogP contribution in [0.25, 0.3) is 10.2 Å². The number of nitrogens with zero attached hydrogens (tertiary/aromatic N) is 3. The zero-order chi connectivity index (χ0) is 25.4. The third kappa shape index (κ3) is 4.63. The smallest absolute Gasteiger partial charge is 0.246 e. The lowest BCUT2D eigenvalue weighted by atomic mass is 9.96. The van der Waals surface area contributed by atoms with E-state index in [9.17, 15) is 26.4 Å². The van der Waals surface area contributed by atoms with Crippen molar-refractivity contribution in [3.63, 3.8) is 0 Å². The Labute approximate surface area is 208 Å². The largest absolute Gasteiger partial charge is 0.467 e. The number of rotatable bonds is 6. The molecule has 2 aromatic carbocycles. The quantitative estimate of drug-likeness (QED) is 0.349. The third-order valence-electron chi connectivity index (χ3n) is 6.06.